The van der Waals surface area contributed by atoms with Crippen molar-refractivity contribution in [3.05, 3.63) is 89.6 Å². The van der Waals surface area contributed by atoms with E-state index in [4.69, 9.17) is 4.74 Å². The molecule has 0 bridgehead atoms. The van der Waals surface area contributed by atoms with Crippen molar-refractivity contribution in [2.75, 3.05) is 20.3 Å². The maximum atomic E-state index is 12.4. The van der Waals surface area contributed by atoms with Crippen LogP contribution in [0.3, 0.4) is 0 Å². The number of benzene rings is 2. The maximum absolute atomic E-state index is 12.4. The van der Waals surface area contributed by atoms with Crippen molar-refractivity contribution in [1.29, 1.82) is 0 Å². The van der Waals surface area contributed by atoms with E-state index < -0.39 is 0 Å². The van der Waals surface area contributed by atoms with Gasteiger partial charge in [-0.05, 0) is 30.2 Å². The Morgan fingerprint density at radius 2 is 1.67 bits per heavy atom. The van der Waals surface area contributed by atoms with Gasteiger partial charge in [-0.1, -0.05) is 60.7 Å². The van der Waals surface area contributed by atoms with E-state index in [-0.39, 0.29) is 17.5 Å². The minimum atomic E-state index is -0.340. The fourth-order valence-electron chi connectivity index (χ4n) is 2.29. The van der Waals surface area contributed by atoms with Crippen LogP contribution in [0.15, 0.2) is 78.5 Å². The SMILES string of the molecule is COCCCNC(=O)/C(=C\C=C\c1ccccc1)NC(=O)c1ccccc1. The number of ether oxygens (including phenoxy) is 1. The lowest BCUT2D eigenvalue weighted by molar-refractivity contribution is -0.117. The van der Waals surface area contributed by atoms with E-state index in [0.717, 1.165) is 5.56 Å². The molecule has 0 unspecified atom stereocenters. The van der Waals surface area contributed by atoms with Crippen molar-refractivity contribution in [1.82, 2.24) is 10.6 Å². The molecule has 5 heteroatoms. The van der Waals surface area contributed by atoms with Gasteiger partial charge in [-0.25, -0.2) is 0 Å². The molecule has 0 fully saturated rings. The Kier molecular flexibility index (Phi) is 8.53. The van der Waals surface area contributed by atoms with Gasteiger partial charge >= 0.3 is 0 Å². The average Bonchev–Trinajstić information content (AvgIpc) is 2.71. The third kappa shape index (κ3) is 7.30. The van der Waals surface area contributed by atoms with Crippen molar-refractivity contribution in [2.45, 2.75) is 6.42 Å². The van der Waals surface area contributed by atoms with Crippen LogP contribution in [-0.2, 0) is 9.53 Å². The summed E-state index contributed by atoms with van der Waals surface area (Å²) in [6.45, 7) is 1.03. The van der Waals surface area contributed by atoms with Gasteiger partial charge in [-0.3, -0.25) is 9.59 Å². The third-order valence-corrected chi connectivity index (χ3v) is 3.69. The molecule has 0 saturated carbocycles. The van der Waals surface area contributed by atoms with E-state index in [9.17, 15) is 9.59 Å². The Bertz CT molecular complexity index is 784. The average molecular weight is 364 g/mol. The van der Waals surface area contributed by atoms with E-state index in [1.807, 2.05) is 42.5 Å². The summed E-state index contributed by atoms with van der Waals surface area (Å²) in [6.07, 6.45) is 5.90. The summed E-state index contributed by atoms with van der Waals surface area (Å²) in [4.78, 5) is 24.8. The van der Waals surface area contributed by atoms with Crippen molar-refractivity contribution >= 4 is 17.9 Å². The minimum absolute atomic E-state index is 0.188. The molecule has 0 atom stereocenters. The second-order valence-electron chi connectivity index (χ2n) is 5.77. The third-order valence-electron chi connectivity index (χ3n) is 3.69. The quantitative estimate of drug-likeness (QED) is 0.408. The normalized spacial score (nSPS) is 11.4. The first-order valence-electron chi connectivity index (χ1n) is 8.77. The molecule has 0 radical (unpaired) electrons. The molecule has 2 rings (SSSR count). The molecule has 0 aromatic heterocycles. The van der Waals surface area contributed by atoms with Gasteiger partial charge in [0.1, 0.15) is 5.70 Å². The monoisotopic (exact) mass is 364 g/mol. The zero-order valence-corrected chi connectivity index (χ0v) is 15.4. The molecule has 0 aliphatic rings. The molecule has 0 aliphatic heterocycles. The molecule has 2 aromatic rings. The lowest BCUT2D eigenvalue weighted by atomic mass is 10.2. The number of allylic oxidation sites excluding steroid dienone is 2. The Morgan fingerprint density at radius 1 is 1.00 bits per heavy atom. The number of hydrogen-bond donors (Lipinski definition) is 2. The van der Waals surface area contributed by atoms with Crippen LogP contribution in [0, 0.1) is 0 Å². The van der Waals surface area contributed by atoms with Gasteiger partial charge in [0.15, 0.2) is 0 Å². The summed E-state index contributed by atoms with van der Waals surface area (Å²) in [6, 6.07) is 18.5. The van der Waals surface area contributed by atoms with E-state index in [2.05, 4.69) is 10.6 Å². The highest BCUT2D eigenvalue weighted by Gasteiger charge is 2.13. The van der Waals surface area contributed by atoms with Gasteiger partial charge in [0.2, 0.25) is 0 Å². The van der Waals surface area contributed by atoms with E-state index >= 15 is 0 Å². The van der Waals surface area contributed by atoms with Crippen LogP contribution in [0.5, 0.6) is 0 Å². The van der Waals surface area contributed by atoms with Crippen LogP contribution < -0.4 is 10.6 Å². The number of nitrogens with one attached hydrogen (secondary N) is 2. The molecule has 2 amide bonds. The molecule has 5 nitrogen and oxygen atoms in total. The molecule has 2 N–H and O–H groups in total. The summed E-state index contributed by atoms with van der Waals surface area (Å²) < 4.78 is 4.97. The minimum Gasteiger partial charge on any atom is -0.385 e. The topological polar surface area (TPSA) is 67.4 Å². The fraction of sp³-hybridized carbons (Fsp3) is 0.182. The van der Waals surface area contributed by atoms with Crippen LogP contribution in [-0.4, -0.2) is 32.1 Å². The summed E-state index contributed by atoms with van der Waals surface area (Å²) in [5.41, 5.74) is 1.68. The summed E-state index contributed by atoms with van der Waals surface area (Å²) >= 11 is 0. The van der Waals surface area contributed by atoms with Crippen molar-refractivity contribution in [3.63, 3.8) is 0 Å². The van der Waals surface area contributed by atoms with Crippen LogP contribution in [0.1, 0.15) is 22.3 Å². The van der Waals surface area contributed by atoms with Gasteiger partial charge in [0, 0.05) is 25.8 Å². The van der Waals surface area contributed by atoms with Gasteiger partial charge in [0.05, 0.1) is 0 Å². The molecule has 0 heterocycles. The highest BCUT2D eigenvalue weighted by Crippen LogP contribution is 2.04. The number of hydrogen-bond acceptors (Lipinski definition) is 3. The zero-order valence-electron chi connectivity index (χ0n) is 15.4. The molecule has 0 spiro atoms. The number of methoxy groups -OCH3 is 1. The Hall–Kier alpha value is -3.18. The Labute approximate surface area is 159 Å². The number of amides is 2. The highest BCUT2D eigenvalue weighted by molar-refractivity contribution is 6.03. The van der Waals surface area contributed by atoms with Gasteiger partial charge < -0.3 is 15.4 Å². The second kappa shape index (κ2) is 11.4. The maximum Gasteiger partial charge on any atom is 0.267 e. The smallest absolute Gasteiger partial charge is 0.267 e. The summed E-state index contributed by atoms with van der Waals surface area (Å²) in [5.74, 6) is -0.671. The van der Waals surface area contributed by atoms with Crippen molar-refractivity contribution in [2.24, 2.45) is 0 Å². The molecule has 27 heavy (non-hydrogen) atoms. The lowest BCUT2D eigenvalue weighted by Crippen LogP contribution is -2.35. The number of carbonyl (C=O) groups is 2. The number of rotatable bonds is 9. The van der Waals surface area contributed by atoms with Crippen molar-refractivity contribution < 1.29 is 14.3 Å². The summed E-state index contributed by atoms with van der Waals surface area (Å²) in [7, 11) is 1.61. The molecule has 140 valence electrons. The number of carbonyl (C=O) groups excluding carboxylic acids is 2. The predicted molar refractivity (Wildman–Crippen MR) is 107 cm³/mol. The van der Waals surface area contributed by atoms with Crippen LogP contribution in [0.4, 0.5) is 0 Å². The first-order chi connectivity index (χ1) is 13.2. The van der Waals surface area contributed by atoms with Crippen LogP contribution >= 0.6 is 0 Å². The Balaban J connectivity index is 2.09. The molecular formula is C22H24N2O3. The predicted octanol–water partition coefficient (Wildman–Crippen LogP) is 3.17. The molecule has 0 aliphatic carbocycles. The first kappa shape index (κ1) is 20.1. The lowest BCUT2D eigenvalue weighted by Gasteiger charge is -2.10. The zero-order chi connectivity index (χ0) is 19.3. The fourth-order valence-corrected chi connectivity index (χ4v) is 2.29. The van der Waals surface area contributed by atoms with E-state index in [1.165, 1.54) is 0 Å². The second-order valence-corrected chi connectivity index (χ2v) is 5.77. The van der Waals surface area contributed by atoms with Gasteiger partial charge in [0.25, 0.3) is 11.8 Å². The summed E-state index contributed by atoms with van der Waals surface area (Å²) in [5, 5.41) is 5.48. The van der Waals surface area contributed by atoms with Crippen molar-refractivity contribution in [3.8, 4) is 0 Å². The van der Waals surface area contributed by atoms with E-state index in [1.54, 1.807) is 43.5 Å². The molecule has 0 saturated heterocycles. The molecular weight excluding hydrogens is 340 g/mol. The van der Waals surface area contributed by atoms with Gasteiger partial charge in [-0.2, -0.15) is 0 Å². The molecule has 2 aromatic carbocycles. The standard InChI is InChI=1S/C22H24N2O3/c1-27-17-9-16-23-22(26)20(15-8-12-18-10-4-2-5-11-18)24-21(25)19-13-6-3-7-14-19/h2-8,10-15H,9,16-17H2,1H3,(H,23,26)(H,24,25)/b12-8+,20-15+. The first-order valence-corrected chi connectivity index (χ1v) is 8.77. The van der Waals surface area contributed by atoms with Crippen LogP contribution in [0.25, 0.3) is 6.08 Å². The van der Waals surface area contributed by atoms with E-state index in [0.29, 0.717) is 25.1 Å². The largest absolute Gasteiger partial charge is 0.385 e. The Morgan fingerprint density at radius 3 is 2.33 bits per heavy atom. The highest BCUT2D eigenvalue weighted by atomic mass is 16.5. The van der Waals surface area contributed by atoms with Crippen LogP contribution in [0.2, 0.25) is 0 Å². The van der Waals surface area contributed by atoms with Gasteiger partial charge in [-0.15, -0.1) is 0 Å².